The van der Waals surface area contributed by atoms with Gasteiger partial charge in [-0.25, -0.2) is 15.0 Å². The minimum absolute atomic E-state index is 0.0648. The number of nitrogens with zero attached hydrogens (tertiary/aromatic N) is 5. The molecule has 3 amide bonds. The second-order valence-electron chi connectivity index (χ2n) is 15.0. The molecule has 12 heteroatoms. The van der Waals surface area contributed by atoms with Crippen molar-refractivity contribution in [1.82, 2.24) is 35.8 Å². The molecule has 2 saturated heterocycles. The van der Waals surface area contributed by atoms with Crippen LogP contribution in [0.25, 0.3) is 11.3 Å². The molecule has 3 N–H and O–H groups in total. The summed E-state index contributed by atoms with van der Waals surface area (Å²) in [6.45, 7) is 9.05. The number of hydrogen-bond donors (Lipinski definition) is 3. The lowest BCUT2D eigenvalue weighted by Gasteiger charge is -2.36. The number of rotatable bonds is 17. The van der Waals surface area contributed by atoms with Crippen LogP contribution in [-0.2, 0) is 14.4 Å². The number of ether oxygens (including phenoxy) is 1. The maximum atomic E-state index is 12.9. The number of amides is 3. The summed E-state index contributed by atoms with van der Waals surface area (Å²) in [4.78, 5) is 54.4. The molecular weight excluding hydrogens is 669 g/mol. The van der Waals surface area contributed by atoms with Crippen molar-refractivity contribution >= 4 is 24.0 Å². The fourth-order valence-corrected chi connectivity index (χ4v) is 8.10. The monoisotopic (exact) mass is 724 g/mol. The van der Waals surface area contributed by atoms with E-state index in [2.05, 4.69) is 46.8 Å². The lowest BCUT2D eigenvalue weighted by atomic mass is 9.80. The SMILES string of the molecule is Cc1cc(-c2ccc(OCCNC(=O)C3CCC(CCN(CCNC=O)CC4CCN(c5cc(C6CCCNC6=O)ccn5)CC4)CC3)cc2)ncn1. The molecule has 3 aliphatic rings. The molecule has 0 radical (unpaired) electrons. The van der Waals surface area contributed by atoms with Crippen molar-refractivity contribution in [3.63, 3.8) is 0 Å². The molecule has 1 unspecified atom stereocenters. The largest absolute Gasteiger partial charge is 0.492 e. The molecule has 2 aliphatic heterocycles. The average molecular weight is 725 g/mol. The predicted octanol–water partition coefficient (Wildman–Crippen LogP) is 4.50. The van der Waals surface area contributed by atoms with Crippen molar-refractivity contribution in [2.24, 2.45) is 17.8 Å². The average Bonchev–Trinajstić information content (AvgIpc) is 3.19. The molecular formula is C41H56N8O4. The Morgan fingerprint density at radius 3 is 2.53 bits per heavy atom. The molecule has 53 heavy (non-hydrogen) atoms. The summed E-state index contributed by atoms with van der Waals surface area (Å²) in [6, 6.07) is 13.9. The van der Waals surface area contributed by atoms with Gasteiger partial charge in [-0.3, -0.25) is 14.4 Å². The van der Waals surface area contributed by atoms with Gasteiger partial charge in [0.15, 0.2) is 0 Å². The zero-order valence-corrected chi connectivity index (χ0v) is 31.2. The van der Waals surface area contributed by atoms with Crippen LogP contribution in [0.1, 0.15) is 75.0 Å². The summed E-state index contributed by atoms with van der Waals surface area (Å²) in [7, 11) is 0. The third kappa shape index (κ3) is 11.2. The molecule has 12 nitrogen and oxygen atoms in total. The Morgan fingerprint density at radius 1 is 0.962 bits per heavy atom. The van der Waals surface area contributed by atoms with E-state index in [0.717, 1.165) is 138 Å². The number of aromatic nitrogens is 3. The molecule has 4 heterocycles. The lowest BCUT2D eigenvalue weighted by Crippen LogP contribution is -2.42. The molecule has 1 aliphatic carbocycles. The molecule has 1 aromatic carbocycles. The number of aryl methyl sites for hydroxylation is 1. The summed E-state index contributed by atoms with van der Waals surface area (Å²) in [6.07, 6.45) is 13.4. The maximum Gasteiger partial charge on any atom is 0.227 e. The first kappa shape index (κ1) is 38.2. The van der Waals surface area contributed by atoms with Crippen LogP contribution in [0.3, 0.4) is 0 Å². The van der Waals surface area contributed by atoms with Gasteiger partial charge in [-0.15, -0.1) is 0 Å². The highest BCUT2D eigenvalue weighted by molar-refractivity contribution is 5.84. The fourth-order valence-electron chi connectivity index (χ4n) is 8.10. The molecule has 2 aromatic heterocycles. The van der Waals surface area contributed by atoms with E-state index in [1.54, 1.807) is 6.33 Å². The van der Waals surface area contributed by atoms with Crippen LogP contribution in [0, 0.1) is 24.7 Å². The zero-order valence-electron chi connectivity index (χ0n) is 31.2. The van der Waals surface area contributed by atoms with Crippen molar-refractivity contribution in [3.8, 4) is 17.0 Å². The summed E-state index contributed by atoms with van der Waals surface area (Å²) in [5.41, 5.74) is 3.88. The van der Waals surface area contributed by atoms with Gasteiger partial charge in [0.1, 0.15) is 24.5 Å². The van der Waals surface area contributed by atoms with Crippen LogP contribution in [0.15, 0.2) is 55.0 Å². The fraction of sp³-hybridized carbons (Fsp3) is 0.561. The van der Waals surface area contributed by atoms with E-state index in [4.69, 9.17) is 4.74 Å². The summed E-state index contributed by atoms with van der Waals surface area (Å²) in [5, 5.41) is 8.95. The number of piperidine rings is 2. The van der Waals surface area contributed by atoms with E-state index in [9.17, 15) is 14.4 Å². The minimum Gasteiger partial charge on any atom is -0.492 e. The van der Waals surface area contributed by atoms with Crippen molar-refractivity contribution in [2.45, 2.75) is 70.6 Å². The van der Waals surface area contributed by atoms with E-state index in [1.807, 2.05) is 49.5 Å². The summed E-state index contributed by atoms with van der Waals surface area (Å²) >= 11 is 0. The van der Waals surface area contributed by atoms with Crippen LogP contribution in [0.2, 0.25) is 0 Å². The van der Waals surface area contributed by atoms with Gasteiger partial charge in [0.05, 0.1) is 18.2 Å². The molecule has 0 spiro atoms. The van der Waals surface area contributed by atoms with Gasteiger partial charge in [-0.05, 0) is 131 Å². The van der Waals surface area contributed by atoms with Gasteiger partial charge in [-0.2, -0.15) is 0 Å². The minimum atomic E-state index is -0.0775. The Labute approximate surface area is 313 Å². The normalized spacial score (nSPS) is 20.8. The molecule has 6 rings (SSSR count). The van der Waals surface area contributed by atoms with Crippen molar-refractivity contribution in [1.29, 1.82) is 0 Å². The van der Waals surface area contributed by atoms with E-state index in [1.165, 1.54) is 0 Å². The predicted molar refractivity (Wildman–Crippen MR) is 205 cm³/mol. The number of nitrogens with one attached hydrogen (secondary N) is 3. The Bertz CT molecular complexity index is 1620. The smallest absolute Gasteiger partial charge is 0.227 e. The molecule has 3 fully saturated rings. The molecule has 1 atom stereocenters. The first-order valence-corrected chi connectivity index (χ1v) is 19.6. The van der Waals surface area contributed by atoms with Gasteiger partial charge in [0.2, 0.25) is 18.2 Å². The third-order valence-corrected chi connectivity index (χ3v) is 11.3. The second kappa shape index (κ2) is 19.5. The van der Waals surface area contributed by atoms with Crippen molar-refractivity contribution in [3.05, 3.63) is 66.2 Å². The first-order valence-electron chi connectivity index (χ1n) is 19.6. The Kier molecular flexibility index (Phi) is 14.0. The standard InChI is InChI=1S/C41H56N8O4/c1-30-25-38(47-28-46-30)33-8-10-36(11-9-33)53-24-19-45-40(51)34-6-4-31(5-7-34)13-20-48(23-18-42-29-50)27-32-14-21-49(22-15-32)39-26-35(12-17-43-39)37-3-2-16-44-41(37)52/h8-12,17,25-26,28-29,31-32,34,37H,2-7,13-16,18-24,27H2,1H3,(H,42,50)(H,44,52)(H,45,51). The molecule has 0 bridgehead atoms. The van der Waals surface area contributed by atoms with Crippen LogP contribution in [-0.4, -0.2) is 97.0 Å². The topological polar surface area (TPSA) is 142 Å². The first-order chi connectivity index (χ1) is 25.9. The van der Waals surface area contributed by atoms with Gasteiger partial charge < -0.3 is 30.5 Å². The summed E-state index contributed by atoms with van der Waals surface area (Å²) in [5.74, 6) is 3.19. The summed E-state index contributed by atoms with van der Waals surface area (Å²) < 4.78 is 5.88. The van der Waals surface area contributed by atoms with Crippen molar-refractivity contribution < 1.29 is 19.1 Å². The van der Waals surface area contributed by atoms with Crippen LogP contribution in [0.5, 0.6) is 5.75 Å². The van der Waals surface area contributed by atoms with Gasteiger partial charge in [0, 0.05) is 62.6 Å². The van der Waals surface area contributed by atoms with Crippen molar-refractivity contribution in [2.75, 3.05) is 63.9 Å². The maximum absolute atomic E-state index is 12.9. The second-order valence-corrected chi connectivity index (χ2v) is 15.0. The Hall–Kier alpha value is -4.58. The molecule has 1 saturated carbocycles. The van der Waals surface area contributed by atoms with E-state index >= 15 is 0 Å². The number of pyridine rings is 1. The Morgan fingerprint density at radius 2 is 1.77 bits per heavy atom. The van der Waals surface area contributed by atoms with Crippen LogP contribution < -0.4 is 25.6 Å². The zero-order chi connectivity index (χ0) is 36.8. The van der Waals surface area contributed by atoms with Crippen LogP contribution in [0.4, 0.5) is 5.82 Å². The van der Waals surface area contributed by atoms with Crippen LogP contribution >= 0.6 is 0 Å². The van der Waals surface area contributed by atoms with Gasteiger partial charge in [-0.1, -0.05) is 0 Å². The quantitative estimate of drug-likeness (QED) is 0.136. The number of carbonyl (C=O) groups excluding carboxylic acids is 3. The highest BCUT2D eigenvalue weighted by Gasteiger charge is 2.28. The van der Waals surface area contributed by atoms with Gasteiger partial charge >= 0.3 is 0 Å². The third-order valence-electron chi connectivity index (χ3n) is 11.3. The molecule has 3 aromatic rings. The van der Waals surface area contributed by atoms with E-state index in [-0.39, 0.29) is 23.7 Å². The lowest BCUT2D eigenvalue weighted by molar-refractivity contribution is -0.126. The number of anilines is 1. The molecule has 284 valence electrons. The number of hydrogen-bond acceptors (Lipinski definition) is 9. The Balaban J connectivity index is 0.881. The van der Waals surface area contributed by atoms with E-state index < -0.39 is 0 Å². The van der Waals surface area contributed by atoms with Gasteiger partial charge in [0.25, 0.3) is 0 Å². The highest BCUT2D eigenvalue weighted by atomic mass is 16.5. The number of benzene rings is 1. The highest BCUT2D eigenvalue weighted by Crippen LogP contribution is 2.32. The van der Waals surface area contributed by atoms with E-state index in [0.29, 0.717) is 31.5 Å². The number of carbonyl (C=O) groups is 3.